The number of pyridine rings is 1. The fourth-order valence-corrected chi connectivity index (χ4v) is 8.90. The molecule has 1 aromatic heterocycles. The second-order valence-electron chi connectivity index (χ2n) is 13.6. The van der Waals surface area contributed by atoms with E-state index in [9.17, 15) is 0 Å². The fourth-order valence-electron chi connectivity index (χ4n) is 8.90. The first-order valence-corrected chi connectivity index (χ1v) is 16.0. The third-order valence-corrected chi connectivity index (χ3v) is 10.9. The van der Waals surface area contributed by atoms with Gasteiger partial charge in [0, 0.05) is 18.1 Å². The molecule has 3 aromatic carbocycles. The van der Waals surface area contributed by atoms with Gasteiger partial charge in [0.15, 0.2) is 11.7 Å². The Hall–Kier alpha value is -3.97. The lowest BCUT2D eigenvalue weighted by Crippen LogP contribution is -2.56. The van der Waals surface area contributed by atoms with Crippen LogP contribution in [0.5, 0.6) is 0 Å². The van der Waals surface area contributed by atoms with E-state index in [2.05, 4.69) is 168 Å². The van der Waals surface area contributed by atoms with Gasteiger partial charge in [-0.1, -0.05) is 132 Å². The van der Waals surface area contributed by atoms with Gasteiger partial charge in [-0.3, -0.25) is 0 Å². The normalized spacial score (nSPS) is 24.1. The van der Waals surface area contributed by atoms with E-state index in [-0.39, 0.29) is 21.8 Å². The summed E-state index contributed by atoms with van der Waals surface area (Å²) in [5, 5.41) is 0. The minimum atomic E-state index is -0.146. The zero-order valence-electron chi connectivity index (χ0n) is 27.0. The molecule has 0 saturated heterocycles. The first kappa shape index (κ1) is 29.1. The standard InChI is InChI=1S/C42H46N/c1-9-12-14-19-30(4)34-22-17-18-23-36(34)40(8)41(10-2)37-26-24-32(31-20-15-13-16-21-31)28-35(37)38-27-25-33(39(5,6)7)29-43(38)42(40,41)11-3/h9,12-29H,4,10-11H2,1-3,5-8H3/q+1/b12-9-,19-14-. The van der Waals surface area contributed by atoms with Gasteiger partial charge >= 0.3 is 0 Å². The molecule has 1 heteroatoms. The average molecular weight is 565 g/mol. The number of hydrogen-bond acceptors (Lipinski definition) is 0. The molecule has 3 unspecified atom stereocenters. The molecule has 0 spiro atoms. The van der Waals surface area contributed by atoms with E-state index in [1.165, 1.54) is 44.6 Å². The largest absolute Gasteiger partial charge is 0.213 e. The predicted molar refractivity (Wildman–Crippen MR) is 183 cm³/mol. The molecule has 2 aliphatic rings. The molecule has 3 atom stereocenters. The molecule has 0 bridgehead atoms. The lowest BCUT2D eigenvalue weighted by atomic mass is 9.75. The van der Waals surface area contributed by atoms with Crippen molar-refractivity contribution in [2.75, 3.05) is 0 Å². The van der Waals surface area contributed by atoms with Crippen LogP contribution in [0.25, 0.3) is 28.0 Å². The Morgan fingerprint density at radius 3 is 2.21 bits per heavy atom. The van der Waals surface area contributed by atoms with Crippen LogP contribution < -0.4 is 4.57 Å². The lowest BCUT2D eigenvalue weighted by Gasteiger charge is -2.30. The van der Waals surface area contributed by atoms with E-state index in [4.69, 9.17) is 0 Å². The van der Waals surface area contributed by atoms with Gasteiger partial charge in [0.25, 0.3) is 0 Å². The van der Waals surface area contributed by atoms with E-state index in [0.29, 0.717) is 0 Å². The fraction of sp³-hybridized carbons (Fsp3) is 0.310. The van der Waals surface area contributed by atoms with Crippen molar-refractivity contribution in [2.45, 2.75) is 83.1 Å². The summed E-state index contributed by atoms with van der Waals surface area (Å²) in [5.41, 5.74) is 11.5. The predicted octanol–water partition coefficient (Wildman–Crippen LogP) is 10.5. The Labute approximate surface area is 259 Å². The van der Waals surface area contributed by atoms with Gasteiger partial charge in [0.1, 0.15) is 0 Å². The molecule has 0 N–H and O–H groups in total. The van der Waals surface area contributed by atoms with Crippen LogP contribution in [0.3, 0.4) is 0 Å². The smallest absolute Gasteiger partial charge is 0.191 e. The van der Waals surface area contributed by atoms with Crippen LogP contribution in [0.2, 0.25) is 0 Å². The SMILES string of the molecule is C=C(/C=C\C=C/C)c1ccccc1C1(C)C2(CC)c3ccc(-c4ccccc4)cc3-c3ccc(C(C)(C)C)c[n+]3C12CC. The number of allylic oxidation sites excluding steroid dienone is 5. The van der Waals surface area contributed by atoms with Crippen molar-refractivity contribution >= 4 is 5.57 Å². The van der Waals surface area contributed by atoms with E-state index < -0.39 is 0 Å². The van der Waals surface area contributed by atoms with Crippen LogP contribution in [0, 0.1) is 0 Å². The molecule has 1 aliphatic carbocycles. The van der Waals surface area contributed by atoms with Crippen LogP contribution in [0.1, 0.15) is 83.6 Å². The summed E-state index contributed by atoms with van der Waals surface area (Å²) >= 11 is 0. The Morgan fingerprint density at radius 2 is 1.53 bits per heavy atom. The van der Waals surface area contributed by atoms with Crippen molar-refractivity contribution in [2.24, 2.45) is 0 Å². The van der Waals surface area contributed by atoms with Gasteiger partial charge in [-0.15, -0.1) is 0 Å². The van der Waals surface area contributed by atoms with Crippen molar-refractivity contribution in [3.05, 3.63) is 144 Å². The van der Waals surface area contributed by atoms with Crippen LogP contribution in [-0.4, -0.2) is 0 Å². The monoisotopic (exact) mass is 564 g/mol. The minimum absolute atomic E-state index is 0.0487. The molecule has 1 aliphatic heterocycles. The average Bonchev–Trinajstić information content (AvgIpc) is 3.55. The zero-order valence-corrected chi connectivity index (χ0v) is 27.0. The summed E-state index contributed by atoms with van der Waals surface area (Å²) in [6, 6.07) is 31.9. The van der Waals surface area contributed by atoms with Gasteiger partial charge in [-0.2, -0.15) is 4.57 Å². The highest BCUT2D eigenvalue weighted by molar-refractivity contribution is 5.81. The van der Waals surface area contributed by atoms with Gasteiger partial charge in [-0.25, -0.2) is 0 Å². The zero-order chi connectivity index (χ0) is 30.6. The highest BCUT2D eigenvalue weighted by Gasteiger charge is 2.92. The van der Waals surface area contributed by atoms with Crippen molar-refractivity contribution < 1.29 is 4.57 Å². The third-order valence-electron chi connectivity index (χ3n) is 10.9. The molecule has 6 rings (SSSR count). The van der Waals surface area contributed by atoms with Crippen LogP contribution in [0.4, 0.5) is 0 Å². The van der Waals surface area contributed by atoms with Crippen LogP contribution in [0.15, 0.2) is 122 Å². The molecule has 2 heterocycles. The molecule has 218 valence electrons. The Balaban J connectivity index is 1.68. The van der Waals surface area contributed by atoms with Crippen molar-refractivity contribution in [1.82, 2.24) is 0 Å². The molecular formula is C42H46N+. The molecular weight excluding hydrogens is 518 g/mol. The second-order valence-corrected chi connectivity index (χ2v) is 13.6. The van der Waals surface area contributed by atoms with Crippen molar-refractivity contribution in [3.63, 3.8) is 0 Å². The number of nitrogens with zero attached hydrogens (tertiary/aromatic N) is 1. The summed E-state index contributed by atoms with van der Waals surface area (Å²) in [6.07, 6.45) is 13.0. The van der Waals surface area contributed by atoms with Gasteiger partial charge in [0.2, 0.25) is 5.69 Å². The highest BCUT2D eigenvalue weighted by Crippen LogP contribution is 2.80. The van der Waals surface area contributed by atoms with Crippen molar-refractivity contribution in [1.29, 1.82) is 0 Å². The minimum Gasteiger partial charge on any atom is -0.191 e. The molecule has 0 amide bonds. The number of fused-ring (bicyclic) bond motifs is 6. The topological polar surface area (TPSA) is 3.88 Å². The first-order valence-electron chi connectivity index (χ1n) is 16.0. The number of benzene rings is 3. The number of rotatable bonds is 7. The Bertz CT molecular complexity index is 1760. The highest BCUT2D eigenvalue weighted by atomic mass is 15.2. The molecule has 1 fully saturated rings. The van der Waals surface area contributed by atoms with Crippen molar-refractivity contribution in [3.8, 4) is 22.4 Å². The summed E-state index contributed by atoms with van der Waals surface area (Å²) in [5.74, 6) is 0. The van der Waals surface area contributed by atoms with Crippen LogP contribution >= 0.6 is 0 Å². The molecule has 4 aromatic rings. The molecule has 0 radical (unpaired) electrons. The maximum absolute atomic E-state index is 4.57. The van der Waals surface area contributed by atoms with Gasteiger partial charge in [-0.05, 0) is 71.2 Å². The molecule has 1 saturated carbocycles. The summed E-state index contributed by atoms with van der Waals surface area (Å²) in [4.78, 5) is 0. The Kier molecular flexibility index (Phi) is 7.00. The van der Waals surface area contributed by atoms with Crippen LogP contribution in [-0.2, 0) is 21.8 Å². The summed E-state index contributed by atoms with van der Waals surface area (Å²) in [6.45, 7) is 21.0. The molecule has 43 heavy (non-hydrogen) atoms. The number of aromatic nitrogens is 1. The van der Waals surface area contributed by atoms with Gasteiger partial charge in [0.05, 0.1) is 16.4 Å². The van der Waals surface area contributed by atoms with E-state index >= 15 is 0 Å². The van der Waals surface area contributed by atoms with E-state index in [1.54, 1.807) is 0 Å². The maximum atomic E-state index is 4.57. The quantitative estimate of drug-likeness (QED) is 0.155. The summed E-state index contributed by atoms with van der Waals surface area (Å²) in [7, 11) is 0. The maximum Gasteiger partial charge on any atom is 0.213 e. The van der Waals surface area contributed by atoms with E-state index in [0.717, 1.165) is 18.4 Å². The van der Waals surface area contributed by atoms with E-state index in [1.807, 2.05) is 6.92 Å². The van der Waals surface area contributed by atoms with Gasteiger partial charge < -0.3 is 0 Å². The second kappa shape index (κ2) is 10.3. The summed E-state index contributed by atoms with van der Waals surface area (Å²) < 4.78 is 2.71. The third kappa shape index (κ3) is 3.86. The molecule has 1 nitrogen and oxygen atoms in total. The first-order chi connectivity index (χ1) is 20.6. The lowest BCUT2D eigenvalue weighted by molar-refractivity contribution is -0.739. The Morgan fingerprint density at radius 1 is 0.814 bits per heavy atom. The number of hydrogen-bond donors (Lipinski definition) is 0.